The molecule has 33 heavy (non-hydrogen) atoms. The number of carbonyl (C=O) groups is 1. The maximum Gasteiger partial charge on any atom is 0.326 e. The second-order valence-corrected chi connectivity index (χ2v) is 9.51. The molecule has 1 saturated heterocycles. The average molecular weight is 447 g/mol. The molecule has 0 saturated carbocycles. The second kappa shape index (κ2) is 8.17. The van der Waals surface area contributed by atoms with Gasteiger partial charge in [0.1, 0.15) is 0 Å². The minimum atomic E-state index is -0.0838. The summed E-state index contributed by atoms with van der Waals surface area (Å²) >= 11 is 0. The summed E-state index contributed by atoms with van der Waals surface area (Å²) < 4.78 is 3.74. The average Bonchev–Trinajstić information content (AvgIpc) is 3.38. The van der Waals surface area contributed by atoms with Gasteiger partial charge in [0, 0.05) is 30.9 Å². The molecule has 0 radical (unpaired) electrons. The van der Waals surface area contributed by atoms with E-state index in [1.807, 2.05) is 44.5 Å². The van der Waals surface area contributed by atoms with Gasteiger partial charge in [-0.3, -0.25) is 9.36 Å². The zero-order chi connectivity index (χ0) is 23.3. The molecule has 0 unspecified atom stereocenters. The van der Waals surface area contributed by atoms with Gasteiger partial charge in [-0.2, -0.15) is 5.10 Å². The van der Waals surface area contributed by atoms with Crippen molar-refractivity contribution in [3.63, 3.8) is 0 Å². The number of hydrogen-bond donors (Lipinski definition) is 1. The van der Waals surface area contributed by atoms with Crippen molar-refractivity contribution in [2.24, 2.45) is 0 Å². The van der Waals surface area contributed by atoms with Gasteiger partial charge in [-0.1, -0.05) is 26.0 Å². The van der Waals surface area contributed by atoms with Crippen molar-refractivity contribution < 1.29 is 4.79 Å². The van der Waals surface area contributed by atoms with E-state index in [0.717, 1.165) is 40.6 Å². The third-order valence-electron chi connectivity index (χ3n) is 6.64. The van der Waals surface area contributed by atoms with E-state index in [0.29, 0.717) is 18.7 Å². The third-order valence-corrected chi connectivity index (χ3v) is 6.64. The number of benzene rings is 1. The van der Waals surface area contributed by atoms with Crippen LogP contribution in [0.4, 0.5) is 0 Å². The summed E-state index contributed by atoms with van der Waals surface area (Å²) in [6.45, 7) is 9.51. The Morgan fingerprint density at radius 1 is 1.12 bits per heavy atom. The third kappa shape index (κ3) is 3.63. The van der Waals surface area contributed by atoms with E-state index in [9.17, 15) is 9.59 Å². The lowest BCUT2D eigenvalue weighted by atomic mass is 10.0. The fourth-order valence-corrected chi connectivity index (χ4v) is 4.82. The van der Waals surface area contributed by atoms with Crippen molar-refractivity contribution in [2.45, 2.75) is 58.5 Å². The zero-order valence-electron chi connectivity index (χ0n) is 19.6. The molecule has 4 aromatic rings. The van der Waals surface area contributed by atoms with E-state index in [1.54, 1.807) is 6.20 Å². The van der Waals surface area contributed by atoms with Gasteiger partial charge in [0.2, 0.25) is 0 Å². The zero-order valence-corrected chi connectivity index (χ0v) is 19.6. The van der Waals surface area contributed by atoms with Crippen LogP contribution in [-0.2, 0) is 0 Å². The molecule has 1 amide bonds. The van der Waals surface area contributed by atoms with Crippen LogP contribution in [0.3, 0.4) is 0 Å². The van der Waals surface area contributed by atoms with Crippen LogP contribution in [0.2, 0.25) is 0 Å². The van der Waals surface area contributed by atoms with Gasteiger partial charge >= 0.3 is 5.69 Å². The van der Waals surface area contributed by atoms with Gasteiger partial charge in [0.25, 0.3) is 5.91 Å². The van der Waals surface area contributed by atoms with Gasteiger partial charge < -0.3 is 9.88 Å². The molecular weight excluding hydrogens is 416 g/mol. The predicted octanol–water partition coefficient (Wildman–Crippen LogP) is 4.26. The molecule has 1 aliphatic rings. The molecule has 0 atom stereocenters. The summed E-state index contributed by atoms with van der Waals surface area (Å²) in [5.41, 5.74) is 4.01. The number of aromatic amines is 1. The van der Waals surface area contributed by atoms with E-state index in [2.05, 4.69) is 37.8 Å². The molecule has 0 bridgehead atoms. The summed E-state index contributed by atoms with van der Waals surface area (Å²) in [5.74, 6) is 0.216. The molecule has 1 N–H and O–H groups in total. The Morgan fingerprint density at radius 3 is 2.55 bits per heavy atom. The van der Waals surface area contributed by atoms with E-state index >= 15 is 0 Å². The summed E-state index contributed by atoms with van der Waals surface area (Å²) in [7, 11) is 0. The number of para-hydroxylation sites is 2. The van der Waals surface area contributed by atoms with Crippen molar-refractivity contribution >= 4 is 28.0 Å². The summed E-state index contributed by atoms with van der Waals surface area (Å²) in [6, 6.07) is 9.92. The molecule has 1 fully saturated rings. The number of pyridine rings is 1. The number of H-pyrrole nitrogens is 1. The van der Waals surface area contributed by atoms with Crippen molar-refractivity contribution in [1.82, 2.24) is 29.2 Å². The first kappa shape index (κ1) is 21.4. The molecule has 4 heterocycles. The van der Waals surface area contributed by atoms with Crippen LogP contribution in [0.25, 0.3) is 22.1 Å². The first-order valence-electron chi connectivity index (χ1n) is 11.7. The standard InChI is InChI=1S/C25H30N6O2/c1-15(2)21-13-18(19-14-26-31(16(3)4)23(19)27-21)24(32)29-11-9-17(10-12-29)30-22-8-6-5-7-20(22)28-25(30)33/h5-8,13-17H,9-12H2,1-4H3,(H,28,33). The summed E-state index contributed by atoms with van der Waals surface area (Å²) in [5, 5.41) is 5.31. The smallest absolute Gasteiger partial charge is 0.326 e. The van der Waals surface area contributed by atoms with E-state index in [-0.39, 0.29) is 29.6 Å². The van der Waals surface area contributed by atoms with Crippen LogP contribution in [0.15, 0.2) is 41.3 Å². The molecule has 5 rings (SSSR count). The second-order valence-electron chi connectivity index (χ2n) is 9.51. The number of piperidine rings is 1. The van der Waals surface area contributed by atoms with E-state index in [4.69, 9.17) is 4.98 Å². The quantitative estimate of drug-likeness (QED) is 0.507. The van der Waals surface area contributed by atoms with Gasteiger partial charge in [-0.05, 0) is 50.8 Å². The molecule has 0 aliphatic carbocycles. The number of nitrogens with one attached hydrogen (secondary N) is 1. The fourth-order valence-electron chi connectivity index (χ4n) is 4.82. The molecule has 1 aromatic carbocycles. The SMILES string of the molecule is CC(C)c1cc(C(=O)N2CCC(n3c(=O)[nH]c4ccccc43)CC2)c2cnn(C(C)C)c2n1. The predicted molar refractivity (Wildman–Crippen MR) is 129 cm³/mol. The Hall–Kier alpha value is -3.42. The Balaban J connectivity index is 1.43. The normalized spacial score (nSPS) is 15.4. The van der Waals surface area contributed by atoms with Crippen LogP contribution in [-0.4, -0.2) is 48.2 Å². The first-order valence-corrected chi connectivity index (χ1v) is 11.7. The monoisotopic (exact) mass is 446 g/mol. The lowest BCUT2D eigenvalue weighted by Gasteiger charge is -2.32. The van der Waals surface area contributed by atoms with E-state index in [1.165, 1.54) is 0 Å². The molecular formula is C25H30N6O2. The number of nitrogens with zero attached hydrogens (tertiary/aromatic N) is 5. The Labute approximate surface area is 192 Å². The minimum absolute atomic E-state index is 0.0114. The maximum atomic E-state index is 13.6. The van der Waals surface area contributed by atoms with Crippen LogP contribution in [0.5, 0.6) is 0 Å². The Morgan fingerprint density at radius 2 is 1.85 bits per heavy atom. The fraction of sp³-hybridized carbons (Fsp3) is 0.440. The molecule has 1 aliphatic heterocycles. The highest BCUT2D eigenvalue weighted by Gasteiger charge is 2.28. The Kier molecular flexibility index (Phi) is 5.31. The highest BCUT2D eigenvalue weighted by molar-refractivity contribution is 6.05. The van der Waals surface area contributed by atoms with Gasteiger partial charge in [0.15, 0.2) is 5.65 Å². The van der Waals surface area contributed by atoms with Gasteiger partial charge in [0.05, 0.1) is 28.2 Å². The number of hydrogen-bond acceptors (Lipinski definition) is 4. The lowest BCUT2D eigenvalue weighted by Crippen LogP contribution is -2.40. The van der Waals surface area contributed by atoms with Crippen LogP contribution < -0.4 is 5.69 Å². The first-order chi connectivity index (χ1) is 15.8. The van der Waals surface area contributed by atoms with Gasteiger partial charge in [-0.25, -0.2) is 14.5 Å². The highest BCUT2D eigenvalue weighted by Crippen LogP contribution is 2.29. The molecule has 0 spiro atoms. The number of likely N-dealkylation sites (tertiary alicyclic amines) is 1. The molecule has 3 aromatic heterocycles. The van der Waals surface area contributed by atoms with Crippen LogP contribution in [0, 0.1) is 0 Å². The van der Waals surface area contributed by atoms with Crippen molar-refractivity contribution in [2.75, 3.05) is 13.1 Å². The van der Waals surface area contributed by atoms with Crippen LogP contribution in [0.1, 0.15) is 74.6 Å². The van der Waals surface area contributed by atoms with Crippen LogP contribution >= 0.6 is 0 Å². The molecule has 8 heteroatoms. The lowest BCUT2D eigenvalue weighted by molar-refractivity contribution is 0.0697. The maximum absolute atomic E-state index is 13.6. The minimum Gasteiger partial charge on any atom is -0.338 e. The van der Waals surface area contributed by atoms with Gasteiger partial charge in [-0.15, -0.1) is 0 Å². The number of imidazole rings is 1. The molecule has 172 valence electrons. The van der Waals surface area contributed by atoms with Crippen molar-refractivity contribution in [3.8, 4) is 0 Å². The highest BCUT2D eigenvalue weighted by atomic mass is 16.2. The topological polar surface area (TPSA) is 88.8 Å². The number of carbonyl (C=O) groups excluding carboxylic acids is 1. The Bertz CT molecular complexity index is 1390. The number of fused-ring (bicyclic) bond motifs is 2. The summed E-state index contributed by atoms with van der Waals surface area (Å²) in [6.07, 6.45) is 3.24. The van der Waals surface area contributed by atoms with Crippen molar-refractivity contribution in [1.29, 1.82) is 0 Å². The largest absolute Gasteiger partial charge is 0.338 e. The number of amides is 1. The molecule has 8 nitrogen and oxygen atoms in total. The van der Waals surface area contributed by atoms with Crippen molar-refractivity contribution in [3.05, 3.63) is 58.3 Å². The number of aromatic nitrogens is 5. The summed E-state index contributed by atoms with van der Waals surface area (Å²) in [4.78, 5) is 35.9. The van der Waals surface area contributed by atoms with E-state index < -0.39 is 0 Å². The number of rotatable bonds is 4.